The Bertz CT molecular complexity index is 840. The van der Waals surface area contributed by atoms with E-state index < -0.39 is 37.8 Å². The van der Waals surface area contributed by atoms with Crippen molar-refractivity contribution in [2.75, 3.05) is 5.32 Å². The van der Waals surface area contributed by atoms with Gasteiger partial charge in [0.05, 0.1) is 21.9 Å². The fourth-order valence-corrected chi connectivity index (χ4v) is 6.44. The number of anilines is 1. The highest BCUT2D eigenvalue weighted by Crippen LogP contribution is 2.76. The molecule has 0 unspecified atom stereocenters. The van der Waals surface area contributed by atoms with Gasteiger partial charge in [0, 0.05) is 10.7 Å². The molecule has 1 aromatic carbocycles. The molecule has 26 heavy (non-hydrogen) atoms. The highest BCUT2D eigenvalue weighted by atomic mass is 35.5. The van der Waals surface area contributed by atoms with Gasteiger partial charge in [-0.05, 0) is 24.3 Å². The number of fused-ring (bicyclic) bond motifs is 2. The second-order valence-electron chi connectivity index (χ2n) is 5.92. The van der Waals surface area contributed by atoms with Crippen molar-refractivity contribution in [1.29, 1.82) is 0 Å². The number of hydrogen-bond acceptors (Lipinski definition) is 2. The predicted octanol–water partition coefficient (Wildman–Crippen LogP) is 5.44. The van der Waals surface area contributed by atoms with E-state index in [9.17, 15) is 14.7 Å². The highest BCUT2D eigenvalue weighted by Gasteiger charge is 2.85. The summed E-state index contributed by atoms with van der Waals surface area (Å²) in [6.07, 6.45) is 0. The van der Waals surface area contributed by atoms with Gasteiger partial charge < -0.3 is 10.4 Å². The van der Waals surface area contributed by atoms with Crippen LogP contribution in [-0.4, -0.2) is 31.1 Å². The SMILES string of the molecule is O=C(O)[C@H]1[C@H](C(=O)Nc2ccc(Cl)cc2)[C@@]2(Cl)C(Cl)=C(Cl)[C@@]1(Cl)C2(Cl)Cl. The van der Waals surface area contributed by atoms with Crippen molar-refractivity contribution in [3.05, 3.63) is 39.4 Å². The van der Waals surface area contributed by atoms with Gasteiger partial charge >= 0.3 is 5.97 Å². The lowest BCUT2D eigenvalue weighted by Crippen LogP contribution is -2.47. The van der Waals surface area contributed by atoms with Crippen LogP contribution in [-0.2, 0) is 9.59 Å². The molecule has 2 N–H and O–H groups in total. The normalized spacial score (nSPS) is 34.9. The number of benzene rings is 1. The largest absolute Gasteiger partial charge is 0.481 e. The van der Waals surface area contributed by atoms with Gasteiger partial charge in [0.2, 0.25) is 5.91 Å². The van der Waals surface area contributed by atoms with Gasteiger partial charge in [0.1, 0.15) is 9.75 Å². The number of rotatable bonds is 3. The molecule has 140 valence electrons. The molecule has 1 saturated carbocycles. The Morgan fingerprint density at radius 3 is 1.81 bits per heavy atom. The summed E-state index contributed by atoms with van der Waals surface area (Å²) < 4.78 is -2.14. The van der Waals surface area contributed by atoms with Crippen LogP contribution in [0.5, 0.6) is 0 Å². The van der Waals surface area contributed by atoms with Crippen molar-refractivity contribution in [3.63, 3.8) is 0 Å². The van der Waals surface area contributed by atoms with Crippen LogP contribution < -0.4 is 5.32 Å². The number of nitrogens with one attached hydrogen (secondary N) is 1. The van der Waals surface area contributed by atoms with Crippen molar-refractivity contribution < 1.29 is 14.7 Å². The number of allylic oxidation sites excluding steroid dienone is 2. The van der Waals surface area contributed by atoms with Gasteiger partial charge in [-0.1, -0.05) is 58.0 Å². The first-order valence-corrected chi connectivity index (χ1v) is 9.66. The molecule has 2 aliphatic rings. The number of carbonyl (C=O) groups is 2. The third-order valence-electron chi connectivity index (χ3n) is 4.60. The highest BCUT2D eigenvalue weighted by molar-refractivity contribution is 6.66. The molecule has 1 aromatic rings. The molecule has 0 saturated heterocycles. The zero-order valence-corrected chi connectivity index (χ0v) is 17.7. The lowest BCUT2D eigenvalue weighted by atomic mass is 9.81. The molecule has 11 heteroatoms. The number of carbonyl (C=O) groups excluding carboxylic acids is 1. The van der Waals surface area contributed by atoms with Crippen LogP contribution in [0.2, 0.25) is 5.02 Å². The number of carboxylic acids is 1. The first-order valence-electron chi connectivity index (χ1n) is 7.01. The van der Waals surface area contributed by atoms with E-state index in [1.807, 2.05) is 0 Å². The van der Waals surface area contributed by atoms with Crippen LogP contribution in [0.1, 0.15) is 0 Å². The second-order valence-corrected chi connectivity index (χ2v) is 9.63. The Morgan fingerprint density at radius 1 is 0.885 bits per heavy atom. The van der Waals surface area contributed by atoms with Crippen molar-refractivity contribution in [3.8, 4) is 0 Å². The van der Waals surface area contributed by atoms with Gasteiger partial charge in [0.15, 0.2) is 4.33 Å². The summed E-state index contributed by atoms with van der Waals surface area (Å²) in [7, 11) is 0. The molecule has 0 radical (unpaired) electrons. The minimum absolute atomic E-state index is 0.255. The standard InChI is InChI=1S/C15H8Cl7NO3/c16-5-1-3-6(4-2-5)23-11(24)7-8(12(25)26)14(20)10(18)9(17)13(7,19)15(14,21)22/h1-4,7-8H,(H,23,24)(H,25,26)/t7-,8-,13-,14-/m1/s1. The molecular weight excluding hydrogens is 490 g/mol. The molecule has 0 spiro atoms. The first-order chi connectivity index (χ1) is 11.9. The van der Waals surface area contributed by atoms with E-state index in [2.05, 4.69) is 5.32 Å². The molecule has 2 aliphatic carbocycles. The lowest BCUT2D eigenvalue weighted by Gasteiger charge is -2.33. The summed E-state index contributed by atoms with van der Waals surface area (Å²) in [6, 6.07) is 6.14. The van der Waals surface area contributed by atoms with E-state index in [0.29, 0.717) is 10.7 Å². The van der Waals surface area contributed by atoms with Crippen LogP contribution >= 0.6 is 81.2 Å². The monoisotopic (exact) mass is 495 g/mol. The van der Waals surface area contributed by atoms with E-state index in [1.165, 1.54) is 12.1 Å². The maximum atomic E-state index is 12.9. The van der Waals surface area contributed by atoms with Crippen LogP contribution in [0.4, 0.5) is 5.69 Å². The quantitative estimate of drug-likeness (QED) is 0.546. The number of carboxylic acid groups (broad SMARTS) is 1. The first kappa shape index (κ1) is 20.7. The Hall–Kier alpha value is -0.0700. The van der Waals surface area contributed by atoms with E-state index in [-0.39, 0.29) is 10.1 Å². The number of amides is 1. The molecule has 2 bridgehead atoms. The van der Waals surface area contributed by atoms with Crippen LogP contribution in [0, 0.1) is 11.8 Å². The van der Waals surface area contributed by atoms with Crippen molar-refractivity contribution in [2.24, 2.45) is 11.8 Å². The molecular formula is C15H8Cl7NO3. The summed E-state index contributed by atoms with van der Waals surface area (Å²) in [5.41, 5.74) is 0.358. The molecule has 1 amide bonds. The molecule has 0 aliphatic heterocycles. The maximum absolute atomic E-state index is 12.9. The Morgan fingerprint density at radius 2 is 1.35 bits per heavy atom. The fourth-order valence-electron chi connectivity index (χ4n) is 3.38. The third-order valence-corrected chi connectivity index (χ3v) is 9.11. The summed E-state index contributed by atoms with van der Waals surface area (Å²) in [5, 5.41) is 12.2. The summed E-state index contributed by atoms with van der Waals surface area (Å²) in [5.74, 6) is -5.31. The lowest BCUT2D eigenvalue weighted by molar-refractivity contribution is -0.146. The molecule has 1 fully saturated rings. The van der Waals surface area contributed by atoms with Gasteiger partial charge in [-0.15, -0.1) is 23.2 Å². The number of aliphatic carboxylic acids is 1. The number of alkyl halides is 4. The van der Waals surface area contributed by atoms with Crippen LogP contribution in [0.15, 0.2) is 34.3 Å². The summed E-state index contributed by atoms with van der Waals surface area (Å²) >= 11 is 43.8. The third kappa shape index (κ3) is 2.43. The van der Waals surface area contributed by atoms with E-state index >= 15 is 0 Å². The summed E-state index contributed by atoms with van der Waals surface area (Å²) in [4.78, 5) is 20.7. The topological polar surface area (TPSA) is 66.4 Å². The minimum Gasteiger partial charge on any atom is -0.481 e. The van der Waals surface area contributed by atoms with Crippen molar-refractivity contribution >= 4 is 98.8 Å². The zero-order chi connectivity index (χ0) is 19.7. The van der Waals surface area contributed by atoms with E-state index in [0.717, 1.165) is 0 Å². The number of hydrogen-bond donors (Lipinski definition) is 2. The van der Waals surface area contributed by atoms with Gasteiger partial charge in [-0.25, -0.2) is 0 Å². The van der Waals surface area contributed by atoms with Crippen LogP contribution in [0.3, 0.4) is 0 Å². The second kappa shape index (κ2) is 6.48. The van der Waals surface area contributed by atoms with Gasteiger partial charge in [-0.2, -0.15) is 0 Å². The van der Waals surface area contributed by atoms with Crippen LogP contribution in [0.25, 0.3) is 0 Å². The number of halogens is 7. The fraction of sp³-hybridized carbons (Fsp3) is 0.333. The Kier molecular flexibility index (Phi) is 5.15. The predicted molar refractivity (Wildman–Crippen MR) is 105 cm³/mol. The molecule has 0 heterocycles. The van der Waals surface area contributed by atoms with Crippen molar-refractivity contribution in [2.45, 2.75) is 14.1 Å². The maximum Gasteiger partial charge on any atom is 0.309 e. The minimum atomic E-state index is -2.14. The van der Waals surface area contributed by atoms with Gasteiger partial charge in [0.25, 0.3) is 0 Å². The molecule has 4 atom stereocenters. The average Bonchev–Trinajstić information content (AvgIpc) is 2.77. The smallest absolute Gasteiger partial charge is 0.309 e. The van der Waals surface area contributed by atoms with Crippen molar-refractivity contribution in [1.82, 2.24) is 0 Å². The Balaban J connectivity index is 2.10. The van der Waals surface area contributed by atoms with E-state index in [4.69, 9.17) is 81.2 Å². The molecule has 3 rings (SSSR count). The molecule has 4 nitrogen and oxygen atoms in total. The van der Waals surface area contributed by atoms with Gasteiger partial charge in [-0.3, -0.25) is 9.59 Å². The van der Waals surface area contributed by atoms with E-state index in [1.54, 1.807) is 12.1 Å². The molecule has 0 aromatic heterocycles. The Labute approximate surface area is 183 Å². The zero-order valence-electron chi connectivity index (χ0n) is 12.4. The average molecular weight is 498 g/mol. The summed E-state index contributed by atoms with van der Waals surface area (Å²) in [6.45, 7) is 0.